The first kappa shape index (κ1) is 15.9. The zero-order valence-electron chi connectivity index (χ0n) is 13.1. The number of non-ortho nitro benzene ring substituents is 1. The first-order valence-electron chi connectivity index (χ1n) is 7.90. The number of fused-ring (bicyclic) bond motifs is 1. The molecule has 4 rings (SSSR count). The van der Waals surface area contributed by atoms with E-state index in [2.05, 4.69) is 15.1 Å². The average molecular weight is 360 g/mol. The van der Waals surface area contributed by atoms with Crippen molar-refractivity contribution in [3.05, 3.63) is 45.9 Å². The van der Waals surface area contributed by atoms with Gasteiger partial charge in [0, 0.05) is 24.3 Å². The number of nitrogens with zero attached hydrogens (tertiary/aromatic N) is 5. The third kappa shape index (κ3) is 2.94. The quantitative estimate of drug-likeness (QED) is 0.401. The molecular weight excluding hydrogens is 346 g/mol. The predicted molar refractivity (Wildman–Crippen MR) is 91.3 cm³/mol. The molecule has 1 unspecified atom stereocenters. The third-order valence-electron chi connectivity index (χ3n) is 4.19. The number of halogens is 1. The van der Waals surface area contributed by atoms with Gasteiger partial charge in [0.2, 0.25) is 5.28 Å². The second-order valence-corrected chi connectivity index (χ2v) is 6.13. The molecule has 3 aromatic rings. The van der Waals surface area contributed by atoms with E-state index in [1.54, 1.807) is 23.0 Å². The summed E-state index contributed by atoms with van der Waals surface area (Å²) in [5, 5.41) is 16.2. The highest BCUT2D eigenvalue weighted by Gasteiger charge is 2.22. The normalized spacial score (nSPS) is 17.7. The van der Waals surface area contributed by atoms with Gasteiger partial charge in [-0.25, -0.2) is 9.67 Å². The van der Waals surface area contributed by atoms with Crippen LogP contribution in [0.2, 0.25) is 5.28 Å². The first-order valence-corrected chi connectivity index (χ1v) is 8.28. The lowest BCUT2D eigenvalue weighted by atomic mass is 10.1. The van der Waals surface area contributed by atoms with Crippen LogP contribution in [0.25, 0.3) is 22.3 Å². The molecule has 0 N–H and O–H groups in total. The monoisotopic (exact) mass is 359 g/mol. The molecule has 0 saturated carbocycles. The van der Waals surface area contributed by atoms with Crippen molar-refractivity contribution in [1.29, 1.82) is 0 Å². The maximum absolute atomic E-state index is 11.0. The minimum atomic E-state index is -0.442. The molecule has 128 valence electrons. The van der Waals surface area contributed by atoms with Crippen LogP contribution in [0.5, 0.6) is 0 Å². The van der Waals surface area contributed by atoms with Crippen LogP contribution in [0, 0.1) is 10.1 Å². The molecule has 0 aliphatic carbocycles. The van der Waals surface area contributed by atoms with Crippen molar-refractivity contribution in [2.24, 2.45) is 0 Å². The Morgan fingerprint density at radius 3 is 2.96 bits per heavy atom. The maximum Gasteiger partial charge on any atom is 0.270 e. The van der Waals surface area contributed by atoms with E-state index in [1.807, 2.05) is 0 Å². The number of hydrogen-bond donors (Lipinski definition) is 0. The fraction of sp³-hybridized carbons (Fsp3) is 0.312. The van der Waals surface area contributed by atoms with Crippen LogP contribution in [0.4, 0.5) is 5.69 Å². The van der Waals surface area contributed by atoms with E-state index in [9.17, 15) is 10.1 Å². The summed E-state index contributed by atoms with van der Waals surface area (Å²) < 4.78 is 7.49. The Hall–Kier alpha value is -2.58. The van der Waals surface area contributed by atoms with Gasteiger partial charge in [-0.1, -0.05) is 12.1 Å². The highest BCUT2D eigenvalue weighted by atomic mass is 35.5. The van der Waals surface area contributed by atoms with Crippen LogP contribution in [-0.4, -0.2) is 31.3 Å². The summed E-state index contributed by atoms with van der Waals surface area (Å²) >= 11 is 6.11. The fourth-order valence-corrected chi connectivity index (χ4v) is 3.18. The Bertz CT molecular complexity index is 952. The van der Waals surface area contributed by atoms with Crippen molar-refractivity contribution in [3.8, 4) is 11.3 Å². The lowest BCUT2D eigenvalue weighted by Crippen LogP contribution is -2.19. The van der Waals surface area contributed by atoms with Crippen molar-refractivity contribution in [2.45, 2.75) is 25.5 Å². The van der Waals surface area contributed by atoms with E-state index in [0.29, 0.717) is 28.9 Å². The Balaban J connectivity index is 1.86. The Morgan fingerprint density at radius 1 is 1.32 bits per heavy atom. The molecule has 1 atom stereocenters. The average Bonchev–Trinajstić information content (AvgIpc) is 3.05. The largest absolute Gasteiger partial charge is 0.356 e. The lowest BCUT2D eigenvalue weighted by Gasteiger charge is -2.23. The van der Waals surface area contributed by atoms with Gasteiger partial charge in [0.1, 0.15) is 0 Å². The van der Waals surface area contributed by atoms with Crippen molar-refractivity contribution < 1.29 is 9.66 Å². The molecule has 0 spiro atoms. The van der Waals surface area contributed by atoms with E-state index >= 15 is 0 Å². The number of benzene rings is 1. The van der Waals surface area contributed by atoms with E-state index in [4.69, 9.17) is 16.3 Å². The molecule has 3 heterocycles. The SMILES string of the molecule is O=[N+]([O-])c1cccc(-c2nc(Cl)nc3c2cnn3C2CCCCO2)c1. The number of ether oxygens (including phenoxy) is 1. The number of hydrogen-bond acceptors (Lipinski definition) is 6. The standard InChI is InChI=1S/C16H14ClN5O3/c17-16-19-14(10-4-3-5-11(8-10)22(23)24)12-9-18-21(15(12)20-16)13-6-1-2-7-25-13/h3-5,8-9,13H,1-2,6-7H2. The third-order valence-corrected chi connectivity index (χ3v) is 4.35. The fourth-order valence-electron chi connectivity index (χ4n) is 3.01. The molecule has 1 aliphatic rings. The van der Waals surface area contributed by atoms with Crippen molar-refractivity contribution >= 4 is 28.3 Å². The molecule has 0 amide bonds. The smallest absolute Gasteiger partial charge is 0.270 e. The van der Waals surface area contributed by atoms with Gasteiger partial charge in [-0.05, 0) is 30.9 Å². The summed E-state index contributed by atoms with van der Waals surface area (Å²) in [5.41, 5.74) is 1.66. The van der Waals surface area contributed by atoms with Crippen LogP contribution in [-0.2, 0) is 4.74 Å². The van der Waals surface area contributed by atoms with Gasteiger partial charge < -0.3 is 4.74 Å². The second kappa shape index (κ2) is 6.38. The van der Waals surface area contributed by atoms with E-state index in [1.165, 1.54) is 12.1 Å². The van der Waals surface area contributed by atoms with Crippen LogP contribution >= 0.6 is 11.6 Å². The zero-order valence-corrected chi connectivity index (χ0v) is 13.9. The van der Waals surface area contributed by atoms with Crippen molar-refractivity contribution in [2.75, 3.05) is 6.61 Å². The molecule has 1 aliphatic heterocycles. The number of nitro benzene ring substituents is 1. The van der Waals surface area contributed by atoms with Crippen LogP contribution in [0.15, 0.2) is 30.5 Å². The molecule has 25 heavy (non-hydrogen) atoms. The zero-order chi connectivity index (χ0) is 17.4. The lowest BCUT2D eigenvalue weighted by molar-refractivity contribution is -0.384. The molecule has 8 nitrogen and oxygen atoms in total. The highest BCUT2D eigenvalue weighted by Crippen LogP contribution is 2.32. The van der Waals surface area contributed by atoms with Crippen LogP contribution in [0.3, 0.4) is 0 Å². The molecule has 2 aromatic heterocycles. The van der Waals surface area contributed by atoms with Gasteiger partial charge in [-0.15, -0.1) is 0 Å². The van der Waals surface area contributed by atoms with Gasteiger partial charge in [0.25, 0.3) is 5.69 Å². The summed E-state index contributed by atoms with van der Waals surface area (Å²) in [5.74, 6) is 0. The van der Waals surface area contributed by atoms with Gasteiger partial charge in [-0.3, -0.25) is 10.1 Å². The second-order valence-electron chi connectivity index (χ2n) is 5.80. The highest BCUT2D eigenvalue weighted by molar-refractivity contribution is 6.28. The van der Waals surface area contributed by atoms with Gasteiger partial charge in [0.05, 0.1) is 22.2 Å². The van der Waals surface area contributed by atoms with Crippen LogP contribution in [0.1, 0.15) is 25.5 Å². The molecule has 9 heteroatoms. The summed E-state index contributed by atoms with van der Waals surface area (Å²) in [4.78, 5) is 19.2. The summed E-state index contributed by atoms with van der Waals surface area (Å²) in [6, 6.07) is 6.26. The summed E-state index contributed by atoms with van der Waals surface area (Å²) in [6.07, 6.45) is 4.41. The molecule has 1 fully saturated rings. The van der Waals surface area contributed by atoms with Crippen molar-refractivity contribution in [1.82, 2.24) is 19.7 Å². The van der Waals surface area contributed by atoms with Gasteiger partial charge in [-0.2, -0.15) is 10.1 Å². The van der Waals surface area contributed by atoms with E-state index in [-0.39, 0.29) is 17.2 Å². The van der Waals surface area contributed by atoms with Crippen LogP contribution < -0.4 is 0 Å². The molecule has 0 bridgehead atoms. The molecule has 0 radical (unpaired) electrons. The molecular formula is C16H14ClN5O3. The Kier molecular flexibility index (Phi) is 4.06. The number of nitro groups is 1. The molecule has 1 saturated heterocycles. The maximum atomic E-state index is 11.0. The number of rotatable bonds is 3. The van der Waals surface area contributed by atoms with Gasteiger partial charge in [0.15, 0.2) is 11.9 Å². The topological polar surface area (TPSA) is 96.0 Å². The summed E-state index contributed by atoms with van der Waals surface area (Å²) in [7, 11) is 0. The Morgan fingerprint density at radius 2 is 2.20 bits per heavy atom. The summed E-state index contributed by atoms with van der Waals surface area (Å²) in [6.45, 7) is 0.683. The minimum absolute atomic E-state index is 0.0107. The van der Waals surface area contributed by atoms with Gasteiger partial charge >= 0.3 is 0 Å². The Labute approximate surface area is 147 Å². The predicted octanol–water partition coefficient (Wildman–Crippen LogP) is 3.75. The van der Waals surface area contributed by atoms with Crippen molar-refractivity contribution in [3.63, 3.8) is 0 Å². The molecule has 1 aromatic carbocycles. The van der Waals surface area contributed by atoms with E-state index in [0.717, 1.165) is 19.3 Å². The number of aromatic nitrogens is 4. The first-order chi connectivity index (χ1) is 12.1. The minimum Gasteiger partial charge on any atom is -0.356 e. The van der Waals surface area contributed by atoms with E-state index < -0.39 is 4.92 Å².